The molecule has 1 aromatic rings. The number of ether oxygens (including phenoxy) is 2. The number of rotatable bonds is 6. The van der Waals surface area contributed by atoms with Gasteiger partial charge in [0.2, 0.25) is 0 Å². The van der Waals surface area contributed by atoms with E-state index >= 15 is 0 Å². The SMILES string of the molecule is COc1cc(C)c(CCN(C)CS)c(OC)c1. The maximum Gasteiger partial charge on any atom is 0.126 e. The highest BCUT2D eigenvalue weighted by Gasteiger charge is 2.10. The van der Waals surface area contributed by atoms with Gasteiger partial charge in [0.25, 0.3) is 0 Å². The van der Waals surface area contributed by atoms with Crippen LogP contribution in [0.15, 0.2) is 12.1 Å². The number of likely N-dealkylation sites (N-methyl/N-ethyl adjacent to an activating group) is 1. The highest BCUT2D eigenvalue weighted by molar-refractivity contribution is 7.80. The average Bonchev–Trinajstić information content (AvgIpc) is 2.35. The van der Waals surface area contributed by atoms with E-state index in [1.165, 1.54) is 11.1 Å². The normalized spacial score (nSPS) is 10.7. The van der Waals surface area contributed by atoms with Crippen LogP contribution >= 0.6 is 12.6 Å². The van der Waals surface area contributed by atoms with Crippen molar-refractivity contribution in [1.29, 1.82) is 0 Å². The molecule has 0 N–H and O–H groups in total. The molecule has 0 aromatic heterocycles. The standard InChI is InChI=1S/C13H21NO2S/c1-10-7-11(15-3)8-13(16-4)12(10)5-6-14(2)9-17/h7-8,17H,5-6,9H2,1-4H3. The molecule has 0 saturated heterocycles. The molecule has 1 aromatic carbocycles. The third kappa shape index (κ3) is 3.82. The summed E-state index contributed by atoms with van der Waals surface area (Å²) in [6.07, 6.45) is 0.954. The lowest BCUT2D eigenvalue weighted by atomic mass is 10.0. The molecule has 0 aliphatic rings. The molecular formula is C13H21NO2S. The molecule has 0 atom stereocenters. The Balaban J connectivity index is 2.89. The zero-order valence-electron chi connectivity index (χ0n) is 11.0. The first-order valence-electron chi connectivity index (χ1n) is 5.63. The lowest BCUT2D eigenvalue weighted by molar-refractivity contribution is 0.377. The van der Waals surface area contributed by atoms with Gasteiger partial charge in [-0.15, -0.1) is 0 Å². The lowest BCUT2D eigenvalue weighted by Crippen LogP contribution is -2.19. The zero-order chi connectivity index (χ0) is 12.8. The third-order valence-corrected chi connectivity index (χ3v) is 3.33. The van der Waals surface area contributed by atoms with E-state index in [1.54, 1.807) is 14.2 Å². The molecule has 0 bridgehead atoms. The first-order valence-corrected chi connectivity index (χ1v) is 6.26. The maximum absolute atomic E-state index is 5.42. The van der Waals surface area contributed by atoms with Gasteiger partial charge in [-0.25, -0.2) is 0 Å². The Morgan fingerprint density at radius 1 is 1.24 bits per heavy atom. The summed E-state index contributed by atoms with van der Waals surface area (Å²) < 4.78 is 10.7. The summed E-state index contributed by atoms with van der Waals surface area (Å²) in [5.74, 6) is 2.50. The van der Waals surface area contributed by atoms with Crippen molar-refractivity contribution in [3.8, 4) is 11.5 Å². The van der Waals surface area contributed by atoms with Gasteiger partial charge in [-0.1, -0.05) is 0 Å². The maximum atomic E-state index is 5.42. The van der Waals surface area contributed by atoms with Crippen molar-refractivity contribution in [2.75, 3.05) is 33.7 Å². The van der Waals surface area contributed by atoms with Crippen LogP contribution in [-0.2, 0) is 6.42 Å². The van der Waals surface area contributed by atoms with Crippen molar-refractivity contribution in [3.63, 3.8) is 0 Å². The van der Waals surface area contributed by atoms with Crippen LogP contribution < -0.4 is 9.47 Å². The summed E-state index contributed by atoms with van der Waals surface area (Å²) >= 11 is 4.24. The second kappa shape index (κ2) is 6.77. The largest absolute Gasteiger partial charge is 0.497 e. The summed E-state index contributed by atoms with van der Waals surface area (Å²) in [5.41, 5.74) is 2.44. The number of nitrogens with zero attached hydrogens (tertiary/aromatic N) is 1. The summed E-state index contributed by atoms with van der Waals surface area (Å²) in [7, 11) is 5.42. The van der Waals surface area contributed by atoms with Gasteiger partial charge < -0.3 is 9.47 Å². The molecule has 0 spiro atoms. The van der Waals surface area contributed by atoms with Crippen LogP contribution in [-0.4, -0.2) is 38.6 Å². The van der Waals surface area contributed by atoms with Gasteiger partial charge >= 0.3 is 0 Å². The van der Waals surface area contributed by atoms with Gasteiger partial charge in [-0.3, -0.25) is 4.90 Å². The van der Waals surface area contributed by atoms with E-state index in [4.69, 9.17) is 9.47 Å². The molecule has 0 saturated carbocycles. The molecule has 96 valence electrons. The number of thiol groups is 1. The van der Waals surface area contributed by atoms with Crippen LogP contribution in [0.5, 0.6) is 11.5 Å². The predicted octanol–water partition coefficient (Wildman–Crippen LogP) is 2.37. The molecule has 0 radical (unpaired) electrons. The van der Waals surface area contributed by atoms with Gasteiger partial charge in [0.15, 0.2) is 0 Å². The molecule has 1 rings (SSSR count). The smallest absolute Gasteiger partial charge is 0.126 e. The van der Waals surface area contributed by atoms with Crippen molar-refractivity contribution in [2.24, 2.45) is 0 Å². The Hall–Kier alpha value is -0.870. The minimum Gasteiger partial charge on any atom is -0.497 e. The first kappa shape index (κ1) is 14.2. The summed E-state index contributed by atoms with van der Waals surface area (Å²) in [6, 6.07) is 3.97. The fraction of sp³-hybridized carbons (Fsp3) is 0.538. The van der Waals surface area contributed by atoms with Gasteiger partial charge in [0.1, 0.15) is 11.5 Å². The molecule has 3 nitrogen and oxygen atoms in total. The molecule has 0 heterocycles. The fourth-order valence-electron chi connectivity index (χ4n) is 1.75. The van der Waals surface area contributed by atoms with Crippen molar-refractivity contribution >= 4 is 12.6 Å². The fourth-order valence-corrected chi connectivity index (χ4v) is 1.89. The molecular weight excluding hydrogens is 234 g/mol. The number of hydrogen-bond acceptors (Lipinski definition) is 4. The quantitative estimate of drug-likeness (QED) is 0.623. The first-order chi connectivity index (χ1) is 8.12. The Morgan fingerprint density at radius 3 is 2.47 bits per heavy atom. The Morgan fingerprint density at radius 2 is 1.94 bits per heavy atom. The molecule has 0 aliphatic carbocycles. The number of aryl methyl sites for hydroxylation is 1. The summed E-state index contributed by atoms with van der Waals surface area (Å²) in [4.78, 5) is 2.16. The molecule has 0 fully saturated rings. The van der Waals surface area contributed by atoms with E-state index in [-0.39, 0.29) is 0 Å². The van der Waals surface area contributed by atoms with Crippen LogP contribution in [0.25, 0.3) is 0 Å². The molecule has 17 heavy (non-hydrogen) atoms. The van der Waals surface area contributed by atoms with Gasteiger partial charge in [-0.2, -0.15) is 12.6 Å². The van der Waals surface area contributed by atoms with E-state index in [0.29, 0.717) is 0 Å². The zero-order valence-corrected chi connectivity index (χ0v) is 11.9. The number of methoxy groups -OCH3 is 2. The van der Waals surface area contributed by atoms with E-state index in [9.17, 15) is 0 Å². The Kier molecular flexibility index (Phi) is 5.65. The Bertz CT molecular complexity index is 369. The minimum atomic E-state index is 0.761. The van der Waals surface area contributed by atoms with Gasteiger partial charge in [0, 0.05) is 18.5 Å². The molecule has 0 amide bonds. The highest BCUT2D eigenvalue weighted by Crippen LogP contribution is 2.28. The monoisotopic (exact) mass is 255 g/mol. The van der Waals surface area contributed by atoms with Crippen LogP contribution in [0.4, 0.5) is 0 Å². The van der Waals surface area contributed by atoms with E-state index in [2.05, 4.69) is 31.5 Å². The second-order valence-electron chi connectivity index (χ2n) is 4.10. The van der Waals surface area contributed by atoms with Crippen molar-refractivity contribution in [2.45, 2.75) is 13.3 Å². The average molecular weight is 255 g/mol. The predicted molar refractivity (Wildman–Crippen MR) is 74.5 cm³/mol. The highest BCUT2D eigenvalue weighted by atomic mass is 32.1. The number of hydrogen-bond donors (Lipinski definition) is 1. The van der Waals surface area contributed by atoms with E-state index in [1.807, 2.05) is 12.1 Å². The third-order valence-electron chi connectivity index (χ3n) is 2.85. The molecule has 0 unspecified atom stereocenters. The van der Waals surface area contributed by atoms with Gasteiger partial charge in [0.05, 0.1) is 14.2 Å². The van der Waals surface area contributed by atoms with Crippen LogP contribution in [0, 0.1) is 6.92 Å². The minimum absolute atomic E-state index is 0.761. The number of benzene rings is 1. The topological polar surface area (TPSA) is 21.7 Å². The summed E-state index contributed by atoms with van der Waals surface area (Å²) in [6.45, 7) is 3.05. The van der Waals surface area contributed by atoms with Crippen molar-refractivity contribution in [1.82, 2.24) is 4.90 Å². The molecule has 4 heteroatoms. The lowest BCUT2D eigenvalue weighted by Gasteiger charge is -2.17. The van der Waals surface area contributed by atoms with Crippen LogP contribution in [0.1, 0.15) is 11.1 Å². The van der Waals surface area contributed by atoms with Crippen molar-refractivity contribution in [3.05, 3.63) is 23.3 Å². The van der Waals surface area contributed by atoms with E-state index in [0.717, 1.165) is 30.3 Å². The summed E-state index contributed by atoms with van der Waals surface area (Å²) in [5, 5.41) is 0. The van der Waals surface area contributed by atoms with E-state index < -0.39 is 0 Å². The van der Waals surface area contributed by atoms with Crippen LogP contribution in [0.2, 0.25) is 0 Å². The van der Waals surface area contributed by atoms with Gasteiger partial charge in [-0.05, 0) is 37.6 Å². The second-order valence-corrected chi connectivity index (χ2v) is 4.38. The Labute approximate surface area is 109 Å². The van der Waals surface area contributed by atoms with Crippen molar-refractivity contribution < 1.29 is 9.47 Å². The molecule has 0 aliphatic heterocycles. The van der Waals surface area contributed by atoms with Crippen LogP contribution in [0.3, 0.4) is 0 Å².